The number of nitrogens with two attached hydrogens (primary N) is 2. The van der Waals surface area contributed by atoms with Gasteiger partial charge in [0, 0.05) is 19.6 Å². The van der Waals surface area contributed by atoms with Crippen LogP contribution in [0.2, 0.25) is 0 Å². The third-order valence-electron chi connectivity index (χ3n) is 5.58. The molecular weight excluding hydrogens is 382 g/mol. The van der Waals surface area contributed by atoms with Crippen LogP contribution in [0.15, 0.2) is 0 Å². The highest BCUT2D eigenvalue weighted by molar-refractivity contribution is 5.92. The van der Waals surface area contributed by atoms with Crippen molar-refractivity contribution in [2.75, 3.05) is 19.6 Å². The van der Waals surface area contributed by atoms with E-state index in [0.29, 0.717) is 32.4 Å². The van der Waals surface area contributed by atoms with E-state index in [0.717, 1.165) is 0 Å². The third kappa shape index (κ3) is 5.22. The van der Waals surface area contributed by atoms with Crippen molar-refractivity contribution >= 4 is 23.6 Å². The second kappa shape index (κ2) is 9.51. The first-order chi connectivity index (χ1) is 13.5. The first-order valence-electron chi connectivity index (χ1n) is 9.85. The van der Waals surface area contributed by atoms with Crippen molar-refractivity contribution < 1.29 is 29.4 Å². The van der Waals surface area contributed by atoms with Crippen LogP contribution in [-0.4, -0.2) is 93.6 Å². The number of carbonyl (C=O) groups excluding carboxylic acids is 4. The molecule has 0 aromatic carbocycles. The normalized spacial score (nSPS) is 26.0. The number of nitrogens with one attached hydrogen (secondary N) is 1. The molecule has 0 unspecified atom stereocenters. The predicted octanol–water partition coefficient (Wildman–Crippen LogP) is -3.12. The minimum Gasteiger partial charge on any atom is -0.391 e. The summed E-state index contributed by atoms with van der Waals surface area (Å²) in [5, 5.41) is 21.6. The minimum absolute atomic E-state index is 0.150. The first kappa shape index (κ1) is 23.0. The Labute approximate surface area is 169 Å². The topological polar surface area (TPSA) is 179 Å². The SMILES string of the molecule is C[C@@H](O)[C@H](N)C(=O)N1CCC[C@H]1C(=O)N1CC[C@@H](C(=O)N[C@H](C(N)=O)[C@@H](C)O)C1. The highest BCUT2D eigenvalue weighted by atomic mass is 16.3. The average molecular weight is 413 g/mol. The Morgan fingerprint density at radius 3 is 2.28 bits per heavy atom. The van der Waals surface area contributed by atoms with Gasteiger partial charge in [-0.2, -0.15) is 0 Å². The van der Waals surface area contributed by atoms with Crippen molar-refractivity contribution in [3.8, 4) is 0 Å². The number of primary amides is 1. The number of carbonyl (C=O) groups is 4. The largest absolute Gasteiger partial charge is 0.391 e. The van der Waals surface area contributed by atoms with Crippen LogP contribution in [0.1, 0.15) is 33.1 Å². The van der Waals surface area contributed by atoms with Crippen LogP contribution in [0.4, 0.5) is 0 Å². The van der Waals surface area contributed by atoms with Crippen LogP contribution in [0.25, 0.3) is 0 Å². The Morgan fingerprint density at radius 2 is 1.72 bits per heavy atom. The van der Waals surface area contributed by atoms with E-state index in [1.165, 1.54) is 23.6 Å². The molecule has 2 aliphatic rings. The zero-order valence-corrected chi connectivity index (χ0v) is 16.8. The summed E-state index contributed by atoms with van der Waals surface area (Å²) in [5.74, 6) is -2.56. The van der Waals surface area contributed by atoms with Crippen molar-refractivity contribution in [2.45, 2.75) is 63.4 Å². The maximum atomic E-state index is 12.9. The quantitative estimate of drug-likeness (QED) is 0.293. The van der Waals surface area contributed by atoms with Gasteiger partial charge in [0.05, 0.1) is 18.1 Å². The summed E-state index contributed by atoms with van der Waals surface area (Å²) < 4.78 is 0. The molecule has 2 rings (SSSR count). The van der Waals surface area contributed by atoms with E-state index in [1.54, 1.807) is 0 Å². The van der Waals surface area contributed by atoms with Gasteiger partial charge < -0.3 is 36.8 Å². The summed E-state index contributed by atoms with van der Waals surface area (Å²) in [6.45, 7) is 3.66. The van der Waals surface area contributed by atoms with Gasteiger partial charge in [0.15, 0.2) is 0 Å². The lowest BCUT2D eigenvalue weighted by Gasteiger charge is -2.30. The average Bonchev–Trinajstić information content (AvgIpc) is 3.32. The van der Waals surface area contributed by atoms with Gasteiger partial charge in [-0.05, 0) is 33.1 Å². The van der Waals surface area contributed by atoms with E-state index in [9.17, 15) is 29.4 Å². The molecule has 0 aromatic heterocycles. The standard InChI is InChI=1S/C18H31N5O6/c1-9(24)13(19)18(29)23-6-3-4-12(23)17(28)22-7-5-11(8-22)16(27)21-14(10(2)25)15(20)26/h9-14,24-25H,3-8,19H2,1-2H3,(H2,20,26)(H,21,27)/t9-,10-,11-,12+,13+,14+/m1/s1. The fourth-order valence-electron chi connectivity index (χ4n) is 3.77. The van der Waals surface area contributed by atoms with Crippen LogP contribution >= 0.6 is 0 Å². The van der Waals surface area contributed by atoms with Crippen LogP contribution in [-0.2, 0) is 19.2 Å². The summed E-state index contributed by atoms with van der Waals surface area (Å²) >= 11 is 0. The number of aliphatic hydroxyl groups is 2. The highest BCUT2D eigenvalue weighted by Gasteiger charge is 2.42. The zero-order valence-electron chi connectivity index (χ0n) is 16.8. The van der Waals surface area contributed by atoms with E-state index >= 15 is 0 Å². The van der Waals surface area contributed by atoms with Crippen molar-refractivity contribution in [3.05, 3.63) is 0 Å². The Hall–Kier alpha value is -2.24. The molecule has 6 atom stereocenters. The lowest BCUT2D eigenvalue weighted by molar-refractivity contribution is -0.145. The molecule has 0 radical (unpaired) electrons. The molecule has 11 heteroatoms. The van der Waals surface area contributed by atoms with Gasteiger partial charge >= 0.3 is 0 Å². The molecule has 11 nitrogen and oxygen atoms in total. The van der Waals surface area contributed by atoms with Crippen molar-refractivity contribution in [2.24, 2.45) is 17.4 Å². The number of amides is 4. The maximum absolute atomic E-state index is 12.9. The fraction of sp³-hybridized carbons (Fsp3) is 0.778. The fourth-order valence-corrected chi connectivity index (χ4v) is 3.77. The van der Waals surface area contributed by atoms with Gasteiger partial charge in [-0.15, -0.1) is 0 Å². The van der Waals surface area contributed by atoms with Crippen molar-refractivity contribution in [3.63, 3.8) is 0 Å². The number of rotatable bonds is 7. The molecule has 4 amide bonds. The highest BCUT2D eigenvalue weighted by Crippen LogP contribution is 2.24. The molecule has 0 bridgehead atoms. The van der Waals surface area contributed by atoms with Crippen LogP contribution in [0.5, 0.6) is 0 Å². The molecule has 0 saturated carbocycles. The molecule has 2 heterocycles. The van der Waals surface area contributed by atoms with E-state index < -0.39 is 54.0 Å². The van der Waals surface area contributed by atoms with Crippen LogP contribution in [0, 0.1) is 5.92 Å². The molecule has 2 aliphatic heterocycles. The molecule has 2 fully saturated rings. The Balaban J connectivity index is 1.98. The molecule has 0 spiro atoms. The smallest absolute Gasteiger partial charge is 0.245 e. The monoisotopic (exact) mass is 413 g/mol. The van der Waals surface area contributed by atoms with E-state index in [4.69, 9.17) is 11.5 Å². The molecule has 0 aromatic rings. The second-order valence-electron chi connectivity index (χ2n) is 7.86. The van der Waals surface area contributed by atoms with Crippen molar-refractivity contribution in [1.82, 2.24) is 15.1 Å². The van der Waals surface area contributed by atoms with E-state index in [-0.39, 0.29) is 12.5 Å². The summed E-state index contributed by atoms with van der Waals surface area (Å²) in [5.41, 5.74) is 10.9. The predicted molar refractivity (Wildman–Crippen MR) is 102 cm³/mol. The van der Waals surface area contributed by atoms with Crippen LogP contribution in [0.3, 0.4) is 0 Å². The number of aliphatic hydroxyl groups excluding tert-OH is 2. The Bertz CT molecular complexity index is 655. The Morgan fingerprint density at radius 1 is 1.07 bits per heavy atom. The first-order valence-corrected chi connectivity index (χ1v) is 9.85. The lowest BCUT2D eigenvalue weighted by atomic mass is 10.1. The maximum Gasteiger partial charge on any atom is 0.245 e. The summed E-state index contributed by atoms with van der Waals surface area (Å²) in [4.78, 5) is 52.1. The lowest BCUT2D eigenvalue weighted by Crippen LogP contribution is -2.55. The molecule has 0 aliphatic carbocycles. The summed E-state index contributed by atoms with van der Waals surface area (Å²) in [6, 6.07) is -2.95. The molecule has 7 N–H and O–H groups in total. The molecule has 29 heavy (non-hydrogen) atoms. The Kier molecular flexibility index (Phi) is 7.55. The summed E-state index contributed by atoms with van der Waals surface area (Å²) in [6.07, 6.45) is -0.605. The van der Waals surface area contributed by atoms with Gasteiger partial charge in [0.2, 0.25) is 23.6 Å². The van der Waals surface area contributed by atoms with Gasteiger partial charge in [-0.3, -0.25) is 19.2 Å². The number of hydrogen-bond donors (Lipinski definition) is 5. The van der Waals surface area contributed by atoms with Gasteiger partial charge in [-0.25, -0.2) is 0 Å². The number of nitrogens with zero attached hydrogens (tertiary/aromatic N) is 2. The van der Waals surface area contributed by atoms with Gasteiger partial charge in [0.25, 0.3) is 0 Å². The molecule has 2 saturated heterocycles. The van der Waals surface area contributed by atoms with Crippen molar-refractivity contribution in [1.29, 1.82) is 0 Å². The molecule has 164 valence electrons. The van der Waals surface area contributed by atoms with E-state index in [1.807, 2.05) is 0 Å². The second-order valence-corrected chi connectivity index (χ2v) is 7.86. The van der Waals surface area contributed by atoms with Gasteiger partial charge in [0.1, 0.15) is 18.1 Å². The number of likely N-dealkylation sites (tertiary alicyclic amines) is 2. The third-order valence-corrected chi connectivity index (χ3v) is 5.58. The van der Waals surface area contributed by atoms with Gasteiger partial charge in [-0.1, -0.05) is 0 Å². The molecular formula is C18H31N5O6. The minimum atomic E-state index is -1.20. The van der Waals surface area contributed by atoms with E-state index in [2.05, 4.69) is 5.32 Å². The summed E-state index contributed by atoms with van der Waals surface area (Å²) in [7, 11) is 0. The zero-order chi connectivity index (χ0) is 21.9. The number of hydrogen-bond acceptors (Lipinski definition) is 7. The van der Waals surface area contributed by atoms with Crippen LogP contribution < -0.4 is 16.8 Å².